The molecule has 5 atom stereocenters. The van der Waals surface area contributed by atoms with Crippen molar-refractivity contribution in [3.05, 3.63) is 30.1 Å². The minimum Gasteiger partial charge on any atom is -0.779 e. The topological polar surface area (TPSA) is 129 Å². The van der Waals surface area contributed by atoms with Crippen LogP contribution in [0, 0.1) is 0 Å². The average Bonchev–Trinajstić information content (AvgIpc) is 2.88. The lowest BCUT2D eigenvalue weighted by Gasteiger charge is -2.23. The lowest BCUT2D eigenvalue weighted by molar-refractivity contribution is -0.767. The maximum absolute atomic E-state index is 12.2. The normalized spacial score (nSPS) is 27.3. The standard InChI is InChI=1S/C17H26NO8P/c1-3-4-5-6-10-24-16(21)12-8-7-9-18(11-12)15-13(19)14(20)17(25-15)26-27(2,22)23/h7-9,11,13-15,17,19-20H,3-6,10H2,1-2H3/t13-,14+,15+,17+/m0/s1. The molecule has 0 aliphatic carbocycles. The third-order valence-electron chi connectivity index (χ3n) is 4.07. The van der Waals surface area contributed by atoms with Crippen molar-refractivity contribution in [3.63, 3.8) is 0 Å². The zero-order valence-corrected chi connectivity index (χ0v) is 16.3. The number of esters is 1. The maximum Gasteiger partial charge on any atom is 0.344 e. The first kappa shape index (κ1) is 21.9. The van der Waals surface area contributed by atoms with E-state index in [-0.39, 0.29) is 5.56 Å². The van der Waals surface area contributed by atoms with Crippen LogP contribution >= 0.6 is 7.60 Å². The van der Waals surface area contributed by atoms with Gasteiger partial charge in [0.2, 0.25) is 0 Å². The Morgan fingerprint density at radius 3 is 2.74 bits per heavy atom. The molecular formula is C17H26NO8P. The Hall–Kier alpha value is -1.35. The van der Waals surface area contributed by atoms with Crippen LogP contribution < -0.4 is 9.46 Å². The molecule has 9 nitrogen and oxygen atoms in total. The number of pyridine rings is 1. The minimum atomic E-state index is -4.17. The third-order valence-corrected chi connectivity index (χ3v) is 4.66. The van der Waals surface area contributed by atoms with Crippen LogP contribution in [0.3, 0.4) is 0 Å². The Morgan fingerprint density at radius 1 is 1.33 bits per heavy atom. The second-order valence-corrected chi connectivity index (χ2v) is 8.24. The largest absolute Gasteiger partial charge is 0.779 e. The Kier molecular flexibility index (Phi) is 7.91. The van der Waals surface area contributed by atoms with Crippen LogP contribution in [0.5, 0.6) is 0 Å². The van der Waals surface area contributed by atoms with Crippen molar-refractivity contribution in [2.24, 2.45) is 0 Å². The van der Waals surface area contributed by atoms with Crippen molar-refractivity contribution in [3.8, 4) is 0 Å². The van der Waals surface area contributed by atoms with Crippen molar-refractivity contribution in [1.82, 2.24) is 0 Å². The molecule has 0 spiro atoms. The lowest BCUT2D eigenvalue weighted by Crippen LogP contribution is -2.46. The summed E-state index contributed by atoms with van der Waals surface area (Å²) in [6.45, 7) is 3.25. The SMILES string of the molecule is CCCCCCOC(=O)c1ccc[n+]([C@@H]2O[C@H](OP(C)(=O)[O-])[C@H](O)[C@@H]2O)c1. The quantitative estimate of drug-likeness (QED) is 0.264. The molecule has 1 aliphatic rings. The van der Waals surface area contributed by atoms with Crippen molar-refractivity contribution >= 4 is 13.6 Å². The van der Waals surface area contributed by atoms with Crippen LogP contribution in [-0.4, -0.2) is 48.0 Å². The van der Waals surface area contributed by atoms with Gasteiger partial charge in [-0.25, -0.2) is 4.79 Å². The fourth-order valence-electron chi connectivity index (χ4n) is 2.70. The van der Waals surface area contributed by atoms with Gasteiger partial charge in [-0.1, -0.05) is 26.2 Å². The summed E-state index contributed by atoms with van der Waals surface area (Å²) in [6, 6.07) is 3.11. The van der Waals surface area contributed by atoms with Crippen LogP contribution in [0.4, 0.5) is 0 Å². The second kappa shape index (κ2) is 9.73. The summed E-state index contributed by atoms with van der Waals surface area (Å²) < 4.78 is 27.8. The molecule has 1 unspecified atom stereocenters. The van der Waals surface area contributed by atoms with E-state index in [1.165, 1.54) is 17.0 Å². The highest BCUT2D eigenvalue weighted by Crippen LogP contribution is 2.38. The summed E-state index contributed by atoms with van der Waals surface area (Å²) in [7, 11) is -4.17. The number of hydrogen-bond acceptors (Lipinski definition) is 8. The molecule has 1 aromatic rings. The van der Waals surface area contributed by atoms with Crippen molar-refractivity contribution in [2.75, 3.05) is 13.3 Å². The van der Waals surface area contributed by atoms with Gasteiger partial charge in [0.25, 0.3) is 6.23 Å². The van der Waals surface area contributed by atoms with Crippen molar-refractivity contribution in [2.45, 2.75) is 57.3 Å². The van der Waals surface area contributed by atoms with Gasteiger partial charge >= 0.3 is 5.97 Å². The Morgan fingerprint density at radius 2 is 2.07 bits per heavy atom. The zero-order valence-electron chi connectivity index (χ0n) is 15.4. The van der Waals surface area contributed by atoms with Crippen molar-refractivity contribution < 1.29 is 43.0 Å². The highest BCUT2D eigenvalue weighted by molar-refractivity contribution is 7.50. The van der Waals surface area contributed by atoms with E-state index < -0.39 is 38.3 Å². The van der Waals surface area contributed by atoms with Gasteiger partial charge in [-0.05, 0) is 12.5 Å². The van der Waals surface area contributed by atoms with Crippen LogP contribution in [-0.2, 0) is 18.6 Å². The predicted octanol–water partition coefficient (Wildman–Crippen LogP) is 0.488. The molecule has 10 heteroatoms. The first-order valence-electron chi connectivity index (χ1n) is 8.89. The van der Waals surface area contributed by atoms with Gasteiger partial charge in [0.15, 0.2) is 24.8 Å². The third kappa shape index (κ3) is 6.34. The molecule has 1 fully saturated rings. The maximum atomic E-state index is 12.2. The number of aliphatic hydroxyl groups is 2. The number of carbonyl (C=O) groups excluding carboxylic acids is 1. The fourth-order valence-corrected chi connectivity index (χ4v) is 3.25. The second-order valence-electron chi connectivity index (χ2n) is 6.49. The number of nitrogens with zero attached hydrogens (tertiary/aromatic N) is 1. The molecule has 2 N–H and O–H groups in total. The number of carbonyl (C=O) groups is 1. The van der Waals surface area contributed by atoms with E-state index in [1.807, 2.05) is 0 Å². The molecule has 0 saturated carbocycles. The molecule has 1 aliphatic heterocycles. The zero-order chi connectivity index (χ0) is 20.0. The van der Waals surface area contributed by atoms with Crippen LogP contribution in [0.25, 0.3) is 0 Å². The molecular weight excluding hydrogens is 377 g/mol. The van der Waals surface area contributed by atoms with Gasteiger partial charge < -0.3 is 28.9 Å². The molecule has 0 bridgehead atoms. The van der Waals surface area contributed by atoms with E-state index in [0.29, 0.717) is 6.61 Å². The number of rotatable bonds is 9. The van der Waals surface area contributed by atoms with E-state index in [0.717, 1.165) is 32.3 Å². The summed E-state index contributed by atoms with van der Waals surface area (Å²) >= 11 is 0. The number of aliphatic hydroxyl groups excluding tert-OH is 2. The van der Waals surface area contributed by atoms with Gasteiger partial charge in [-0.15, -0.1) is 0 Å². The predicted molar refractivity (Wildman–Crippen MR) is 91.6 cm³/mol. The van der Waals surface area contributed by atoms with E-state index in [9.17, 15) is 24.5 Å². The monoisotopic (exact) mass is 403 g/mol. The Bertz CT molecular complexity index is 679. The van der Waals surface area contributed by atoms with E-state index in [4.69, 9.17) is 9.47 Å². The van der Waals surface area contributed by atoms with E-state index in [1.54, 1.807) is 12.1 Å². The molecule has 1 saturated heterocycles. The molecule has 0 aromatic carbocycles. The summed E-state index contributed by atoms with van der Waals surface area (Å²) in [5.74, 6) is -0.515. The highest BCUT2D eigenvalue weighted by atomic mass is 31.2. The van der Waals surface area contributed by atoms with E-state index in [2.05, 4.69) is 11.4 Å². The van der Waals surface area contributed by atoms with Gasteiger partial charge in [0, 0.05) is 12.7 Å². The molecule has 2 heterocycles. The number of ether oxygens (including phenoxy) is 2. The van der Waals surface area contributed by atoms with Crippen molar-refractivity contribution in [1.29, 1.82) is 0 Å². The molecule has 152 valence electrons. The number of aromatic nitrogens is 1. The summed E-state index contributed by atoms with van der Waals surface area (Å²) in [4.78, 5) is 23.4. The van der Waals surface area contributed by atoms with Crippen LogP contribution in [0.2, 0.25) is 0 Å². The van der Waals surface area contributed by atoms with Gasteiger partial charge in [-0.2, -0.15) is 4.57 Å². The molecule has 1 aromatic heterocycles. The molecule has 0 amide bonds. The van der Waals surface area contributed by atoms with Crippen LogP contribution in [0.1, 0.15) is 49.2 Å². The summed E-state index contributed by atoms with van der Waals surface area (Å²) in [5, 5.41) is 20.1. The van der Waals surface area contributed by atoms with Crippen LogP contribution in [0.15, 0.2) is 24.5 Å². The minimum absolute atomic E-state index is 0.243. The highest BCUT2D eigenvalue weighted by Gasteiger charge is 2.49. The van der Waals surface area contributed by atoms with Gasteiger partial charge in [0.1, 0.15) is 19.3 Å². The molecule has 2 rings (SSSR count). The molecule has 27 heavy (non-hydrogen) atoms. The molecule has 0 radical (unpaired) electrons. The lowest BCUT2D eigenvalue weighted by atomic mass is 10.2. The summed E-state index contributed by atoms with van der Waals surface area (Å²) in [6.07, 6.45) is 1.23. The fraction of sp³-hybridized carbons (Fsp3) is 0.647. The number of unbranched alkanes of at least 4 members (excludes halogenated alkanes) is 3. The first-order valence-corrected chi connectivity index (χ1v) is 10.9. The summed E-state index contributed by atoms with van der Waals surface area (Å²) in [5.41, 5.74) is 0.243. The first-order chi connectivity index (χ1) is 12.7. The Labute approximate surface area is 158 Å². The Balaban J connectivity index is 2.02. The number of hydrogen-bond donors (Lipinski definition) is 2. The smallest absolute Gasteiger partial charge is 0.344 e. The average molecular weight is 403 g/mol. The van der Waals surface area contributed by atoms with Gasteiger partial charge in [0.05, 0.1) is 6.61 Å². The van der Waals surface area contributed by atoms with E-state index >= 15 is 0 Å². The van der Waals surface area contributed by atoms with Gasteiger partial charge in [-0.3, -0.25) is 4.74 Å².